The van der Waals surface area contributed by atoms with Crippen molar-refractivity contribution in [2.45, 2.75) is 31.1 Å². The van der Waals surface area contributed by atoms with E-state index in [0.717, 1.165) is 31.2 Å². The molecule has 0 radical (unpaired) electrons. The molecule has 6 heteroatoms. The van der Waals surface area contributed by atoms with Crippen LogP contribution < -0.4 is 0 Å². The standard InChI is InChI=1S/C13H16ClO4P/c14-11-5-3-10(4-6-11)13(7-1-2-8-13)12(15)9-18-19(16)17/h3-6,19H,1-2,7-9H2,(H,16,17). The molecule has 19 heavy (non-hydrogen) atoms. The van der Waals surface area contributed by atoms with Crippen molar-refractivity contribution in [3.63, 3.8) is 0 Å². The van der Waals surface area contributed by atoms with Crippen LogP contribution in [0.3, 0.4) is 0 Å². The van der Waals surface area contributed by atoms with Crippen LogP contribution in [0.15, 0.2) is 24.3 Å². The third-order valence-electron chi connectivity index (χ3n) is 3.71. The molecule has 0 saturated heterocycles. The van der Waals surface area contributed by atoms with Gasteiger partial charge in [0.25, 0.3) is 0 Å². The van der Waals surface area contributed by atoms with Crippen LogP contribution in [0.1, 0.15) is 31.2 Å². The molecule has 0 heterocycles. The lowest BCUT2D eigenvalue weighted by Gasteiger charge is -2.27. The van der Waals surface area contributed by atoms with Gasteiger partial charge in [0, 0.05) is 5.02 Å². The highest BCUT2D eigenvalue weighted by molar-refractivity contribution is 7.32. The Bertz CT molecular complexity index is 480. The molecule has 0 aliphatic heterocycles. The zero-order chi connectivity index (χ0) is 13.9. The van der Waals surface area contributed by atoms with E-state index in [-0.39, 0.29) is 12.4 Å². The summed E-state index contributed by atoms with van der Waals surface area (Å²) < 4.78 is 15.2. The molecule has 2 rings (SSSR count). The molecular weight excluding hydrogens is 287 g/mol. The summed E-state index contributed by atoms with van der Waals surface area (Å²) in [7, 11) is -3.06. The topological polar surface area (TPSA) is 63.6 Å². The second kappa shape index (κ2) is 6.19. The van der Waals surface area contributed by atoms with Crippen LogP contribution >= 0.6 is 19.9 Å². The van der Waals surface area contributed by atoms with Crippen molar-refractivity contribution in [3.8, 4) is 0 Å². The van der Waals surface area contributed by atoms with Gasteiger partial charge in [0.2, 0.25) is 0 Å². The second-order valence-electron chi connectivity index (χ2n) is 4.77. The Hall–Kier alpha value is -0.670. The fourth-order valence-electron chi connectivity index (χ4n) is 2.74. The largest absolute Gasteiger partial charge is 0.326 e. The molecule has 1 N–H and O–H groups in total. The number of benzene rings is 1. The van der Waals surface area contributed by atoms with E-state index in [1.807, 2.05) is 12.1 Å². The van der Waals surface area contributed by atoms with Crippen LogP contribution in [0, 0.1) is 0 Å². The lowest BCUT2D eigenvalue weighted by atomic mass is 9.75. The minimum Gasteiger partial charge on any atom is -0.326 e. The van der Waals surface area contributed by atoms with E-state index in [2.05, 4.69) is 4.52 Å². The van der Waals surface area contributed by atoms with Crippen molar-refractivity contribution in [2.24, 2.45) is 0 Å². The predicted octanol–water partition coefficient (Wildman–Crippen LogP) is 3.12. The molecular formula is C13H16ClO4P. The molecule has 1 aliphatic carbocycles. The molecule has 4 nitrogen and oxygen atoms in total. The zero-order valence-corrected chi connectivity index (χ0v) is 12.2. The van der Waals surface area contributed by atoms with E-state index in [1.165, 1.54) is 0 Å². The number of carbonyl (C=O) groups excluding carboxylic acids is 1. The van der Waals surface area contributed by atoms with E-state index in [9.17, 15) is 9.36 Å². The van der Waals surface area contributed by atoms with E-state index < -0.39 is 13.7 Å². The van der Waals surface area contributed by atoms with Gasteiger partial charge in [0.15, 0.2) is 5.78 Å². The quantitative estimate of drug-likeness (QED) is 0.849. The van der Waals surface area contributed by atoms with E-state index in [0.29, 0.717) is 5.02 Å². The Morgan fingerprint density at radius 1 is 1.32 bits per heavy atom. The first kappa shape index (κ1) is 14.7. The van der Waals surface area contributed by atoms with Crippen LogP contribution in [-0.4, -0.2) is 17.3 Å². The van der Waals surface area contributed by atoms with Gasteiger partial charge < -0.3 is 9.42 Å². The maximum absolute atomic E-state index is 12.4. The maximum atomic E-state index is 12.4. The summed E-state index contributed by atoms with van der Waals surface area (Å²) in [5.74, 6) is -0.125. The van der Waals surface area contributed by atoms with Crippen molar-refractivity contribution in [1.29, 1.82) is 0 Å². The van der Waals surface area contributed by atoms with Crippen LogP contribution in [0.5, 0.6) is 0 Å². The van der Waals surface area contributed by atoms with Gasteiger partial charge in [-0.25, -0.2) is 0 Å². The number of hydrogen-bond acceptors (Lipinski definition) is 3. The van der Waals surface area contributed by atoms with Gasteiger partial charge in [-0.15, -0.1) is 0 Å². The van der Waals surface area contributed by atoms with Gasteiger partial charge in [0.1, 0.15) is 6.61 Å². The molecule has 1 aliphatic rings. The molecule has 1 aromatic carbocycles. The van der Waals surface area contributed by atoms with Crippen LogP contribution in [0.4, 0.5) is 0 Å². The highest BCUT2D eigenvalue weighted by Crippen LogP contribution is 2.42. The SMILES string of the molecule is O=C(CO[PH](=O)O)C1(c2ccc(Cl)cc2)CCCC1. The average Bonchev–Trinajstić information content (AvgIpc) is 2.87. The van der Waals surface area contributed by atoms with Gasteiger partial charge in [-0.3, -0.25) is 9.36 Å². The summed E-state index contributed by atoms with van der Waals surface area (Å²) in [4.78, 5) is 21.1. The molecule has 0 spiro atoms. The predicted molar refractivity (Wildman–Crippen MR) is 73.8 cm³/mol. The number of carbonyl (C=O) groups is 1. The molecule has 0 aromatic heterocycles. The molecule has 1 atom stereocenters. The molecule has 0 bridgehead atoms. The normalized spacial score (nSPS) is 19.3. The Kier molecular flexibility index (Phi) is 4.80. The summed E-state index contributed by atoms with van der Waals surface area (Å²) in [6.45, 7) is -0.309. The Morgan fingerprint density at radius 3 is 2.42 bits per heavy atom. The van der Waals surface area contributed by atoms with Gasteiger partial charge in [-0.05, 0) is 30.5 Å². The monoisotopic (exact) mass is 302 g/mol. The van der Waals surface area contributed by atoms with E-state index in [1.54, 1.807) is 12.1 Å². The Morgan fingerprint density at radius 2 is 1.89 bits per heavy atom. The van der Waals surface area contributed by atoms with Crippen molar-refractivity contribution >= 4 is 25.6 Å². The number of ketones is 1. The zero-order valence-electron chi connectivity index (χ0n) is 10.4. The van der Waals surface area contributed by atoms with Crippen molar-refractivity contribution in [3.05, 3.63) is 34.9 Å². The lowest BCUT2D eigenvalue weighted by molar-refractivity contribution is -0.126. The van der Waals surface area contributed by atoms with Crippen molar-refractivity contribution < 1.29 is 18.8 Å². The van der Waals surface area contributed by atoms with Gasteiger partial charge in [-0.1, -0.05) is 36.6 Å². The molecule has 104 valence electrons. The van der Waals surface area contributed by atoms with Crippen molar-refractivity contribution in [1.82, 2.24) is 0 Å². The van der Waals surface area contributed by atoms with E-state index >= 15 is 0 Å². The minimum atomic E-state index is -3.06. The fraction of sp³-hybridized carbons (Fsp3) is 0.462. The first-order valence-corrected chi connectivity index (χ1v) is 7.84. The van der Waals surface area contributed by atoms with Crippen LogP contribution in [0.25, 0.3) is 0 Å². The third-order valence-corrected chi connectivity index (χ3v) is 4.36. The summed E-state index contributed by atoms with van der Waals surface area (Å²) >= 11 is 5.87. The van der Waals surface area contributed by atoms with Gasteiger partial charge >= 0.3 is 8.25 Å². The Labute approximate surface area is 117 Å². The number of hydrogen-bond donors (Lipinski definition) is 1. The second-order valence-corrected chi connectivity index (χ2v) is 6.03. The maximum Gasteiger partial charge on any atom is 0.317 e. The molecule has 1 unspecified atom stereocenters. The molecule has 1 saturated carbocycles. The summed E-state index contributed by atoms with van der Waals surface area (Å²) in [5, 5.41) is 0.626. The average molecular weight is 303 g/mol. The van der Waals surface area contributed by atoms with Crippen molar-refractivity contribution in [2.75, 3.05) is 6.61 Å². The first-order chi connectivity index (χ1) is 9.04. The van der Waals surface area contributed by atoms with Gasteiger partial charge in [0.05, 0.1) is 5.41 Å². The first-order valence-electron chi connectivity index (χ1n) is 6.20. The summed E-state index contributed by atoms with van der Waals surface area (Å²) in [6.07, 6.45) is 3.46. The highest BCUT2D eigenvalue weighted by Gasteiger charge is 2.42. The molecule has 1 aromatic rings. The summed E-state index contributed by atoms with van der Waals surface area (Å²) in [6, 6.07) is 7.24. The minimum absolute atomic E-state index is 0.125. The Balaban J connectivity index is 2.24. The lowest BCUT2D eigenvalue weighted by Crippen LogP contribution is -2.35. The van der Waals surface area contributed by atoms with Gasteiger partial charge in [-0.2, -0.15) is 0 Å². The number of Topliss-reactive ketones (excluding diaryl/α,β-unsaturated/α-hetero) is 1. The smallest absolute Gasteiger partial charge is 0.317 e. The fourth-order valence-corrected chi connectivity index (χ4v) is 3.12. The number of halogens is 1. The van der Waals surface area contributed by atoms with Crippen LogP contribution in [0.2, 0.25) is 5.02 Å². The number of rotatable bonds is 5. The third kappa shape index (κ3) is 3.26. The van der Waals surface area contributed by atoms with Crippen LogP contribution in [-0.2, 0) is 19.3 Å². The highest BCUT2D eigenvalue weighted by atomic mass is 35.5. The molecule has 1 fully saturated rings. The van der Waals surface area contributed by atoms with E-state index in [4.69, 9.17) is 16.5 Å². The summed E-state index contributed by atoms with van der Waals surface area (Å²) in [5.41, 5.74) is 0.336. The molecule has 0 amide bonds.